The maximum atomic E-state index is 13.7. The monoisotopic (exact) mass is 357 g/mol. The minimum Gasteiger partial charge on any atom is -0.497 e. The highest BCUT2D eigenvalue weighted by molar-refractivity contribution is 7.17. The molecular formula is C20H20FNO2S. The number of ether oxygens (including phenoxy) is 1. The van der Waals surface area contributed by atoms with Crippen molar-refractivity contribution in [2.45, 2.75) is 6.92 Å². The Morgan fingerprint density at radius 2 is 1.80 bits per heavy atom. The number of hydrogen-bond acceptors (Lipinski definition) is 4. The Bertz CT molecular complexity index is 805. The zero-order valence-corrected chi connectivity index (χ0v) is 15.2. The number of aryl methyl sites for hydroxylation is 1. The van der Waals surface area contributed by atoms with Gasteiger partial charge in [0.25, 0.3) is 0 Å². The summed E-state index contributed by atoms with van der Waals surface area (Å²) in [6, 6.07) is 16.5. The first kappa shape index (κ1) is 18.7. The number of carbonyl (C=O) groups is 1. The normalized spacial score (nSPS) is 9.76. The van der Waals surface area contributed by atoms with Gasteiger partial charge in [0.05, 0.1) is 12.0 Å². The number of rotatable bonds is 4. The summed E-state index contributed by atoms with van der Waals surface area (Å²) in [4.78, 5) is 11.9. The van der Waals surface area contributed by atoms with E-state index < -0.39 is 0 Å². The number of hydrogen-bond donors (Lipinski definition) is 1. The third-order valence-electron chi connectivity index (χ3n) is 3.58. The molecule has 25 heavy (non-hydrogen) atoms. The highest BCUT2D eigenvalue weighted by Crippen LogP contribution is 2.30. The van der Waals surface area contributed by atoms with Crippen LogP contribution in [0, 0.1) is 12.7 Å². The number of benzene rings is 2. The Morgan fingerprint density at radius 3 is 2.36 bits per heavy atom. The molecule has 5 heteroatoms. The van der Waals surface area contributed by atoms with Crippen LogP contribution in [0.1, 0.15) is 15.2 Å². The molecule has 0 aliphatic rings. The molecule has 0 aliphatic heterocycles. The summed E-state index contributed by atoms with van der Waals surface area (Å²) in [5.74, 6) is 0.677. The molecule has 0 saturated heterocycles. The summed E-state index contributed by atoms with van der Waals surface area (Å²) in [7, 11) is 3.55. The average Bonchev–Trinajstić information content (AvgIpc) is 3.13. The number of nitrogens with one attached hydrogen (secondary N) is 1. The third kappa shape index (κ3) is 4.90. The molecule has 0 fully saturated rings. The van der Waals surface area contributed by atoms with Crippen LogP contribution in [0.2, 0.25) is 0 Å². The fraction of sp³-hybridized carbons (Fsp3) is 0.150. The number of methoxy groups -OCH3 is 1. The standard InChI is InChI=1S/C12H9FOS.C8H11NO/c1-8-3-2-4-10(12(8)13)11-6-5-9(7-14)15-11;1-9-7-3-5-8(10-2)6-4-7/h2-7H,1H3;3-6,9H,1-2H3. The van der Waals surface area contributed by atoms with E-state index in [-0.39, 0.29) is 5.82 Å². The summed E-state index contributed by atoms with van der Waals surface area (Å²) in [6.45, 7) is 1.73. The molecule has 3 aromatic rings. The summed E-state index contributed by atoms with van der Waals surface area (Å²) < 4.78 is 18.7. The molecular weight excluding hydrogens is 337 g/mol. The maximum Gasteiger partial charge on any atom is 0.160 e. The number of thiophene rings is 1. The van der Waals surface area contributed by atoms with Crippen molar-refractivity contribution in [3.8, 4) is 16.2 Å². The second-order valence-corrected chi connectivity index (χ2v) is 6.35. The average molecular weight is 357 g/mol. The maximum absolute atomic E-state index is 13.7. The first-order valence-electron chi connectivity index (χ1n) is 7.71. The molecule has 2 aromatic carbocycles. The summed E-state index contributed by atoms with van der Waals surface area (Å²) in [6.07, 6.45) is 0.780. The van der Waals surface area contributed by atoms with Crippen LogP contribution in [0.4, 0.5) is 10.1 Å². The lowest BCUT2D eigenvalue weighted by Gasteiger charge is -2.01. The molecule has 0 spiro atoms. The first-order chi connectivity index (χ1) is 12.1. The van der Waals surface area contributed by atoms with E-state index in [1.807, 2.05) is 37.4 Å². The van der Waals surface area contributed by atoms with E-state index in [1.54, 1.807) is 38.3 Å². The molecule has 0 atom stereocenters. The van der Waals surface area contributed by atoms with Crippen LogP contribution in [-0.4, -0.2) is 20.4 Å². The quantitative estimate of drug-likeness (QED) is 0.634. The van der Waals surface area contributed by atoms with Crippen molar-refractivity contribution in [3.63, 3.8) is 0 Å². The van der Waals surface area contributed by atoms with Crippen molar-refractivity contribution in [2.75, 3.05) is 19.5 Å². The van der Waals surface area contributed by atoms with Gasteiger partial charge >= 0.3 is 0 Å². The molecule has 0 saturated carbocycles. The van der Waals surface area contributed by atoms with E-state index >= 15 is 0 Å². The van der Waals surface area contributed by atoms with E-state index in [0.717, 1.165) is 22.6 Å². The Balaban J connectivity index is 0.000000196. The van der Waals surface area contributed by atoms with Crippen molar-refractivity contribution >= 4 is 23.3 Å². The van der Waals surface area contributed by atoms with Gasteiger partial charge in [-0.05, 0) is 48.9 Å². The molecule has 1 aromatic heterocycles. The van der Waals surface area contributed by atoms with Gasteiger partial charge in [0.15, 0.2) is 6.29 Å². The van der Waals surface area contributed by atoms with Crippen molar-refractivity contribution in [1.82, 2.24) is 0 Å². The lowest BCUT2D eigenvalue weighted by molar-refractivity contribution is 0.112. The highest BCUT2D eigenvalue weighted by atomic mass is 32.1. The lowest BCUT2D eigenvalue weighted by atomic mass is 10.1. The Kier molecular flexibility index (Phi) is 6.71. The molecule has 130 valence electrons. The molecule has 3 rings (SSSR count). The fourth-order valence-electron chi connectivity index (χ4n) is 2.16. The number of anilines is 1. The smallest absolute Gasteiger partial charge is 0.160 e. The van der Waals surface area contributed by atoms with E-state index in [1.165, 1.54) is 11.3 Å². The van der Waals surface area contributed by atoms with Crippen molar-refractivity contribution in [2.24, 2.45) is 0 Å². The zero-order chi connectivity index (χ0) is 18.2. The van der Waals surface area contributed by atoms with Gasteiger partial charge in [-0.25, -0.2) is 4.39 Å². The van der Waals surface area contributed by atoms with Crippen LogP contribution in [-0.2, 0) is 0 Å². The molecule has 1 N–H and O–H groups in total. The summed E-state index contributed by atoms with van der Waals surface area (Å²) >= 11 is 1.30. The van der Waals surface area contributed by atoms with Gasteiger partial charge in [0.2, 0.25) is 0 Å². The predicted molar refractivity (Wildman–Crippen MR) is 102 cm³/mol. The SMILES string of the molecule is CNc1ccc(OC)cc1.Cc1cccc(-c2ccc(C=O)s2)c1F. The molecule has 0 radical (unpaired) electrons. The fourth-order valence-corrected chi connectivity index (χ4v) is 3.00. The van der Waals surface area contributed by atoms with Crippen molar-refractivity contribution in [1.29, 1.82) is 0 Å². The van der Waals surface area contributed by atoms with E-state index in [0.29, 0.717) is 16.0 Å². The van der Waals surface area contributed by atoms with Crippen LogP contribution in [0.25, 0.3) is 10.4 Å². The number of aldehydes is 1. The van der Waals surface area contributed by atoms with Gasteiger partial charge in [-0.15, -0.1) is 11.3 Å². The molecule has 3 nitrogen and oxygen atoms in total. The van der Waals surface area contributed by atoms with Gasteiger partial charge in [0, 0.05) is 23.2 Å². The Labute approximate surface area is 151 Å². The highest BCUT2D eigenvalue weighted by Gasteiger charge is 2.09. The number of halogens is 1. The molecule has 1 heterocycles. The van der Waals surface area contributed by atoms with Gasteiger partial charge < -0.3 is 10.1 Å². The summed E-state index contributed by atoms with van der Waals surface area (Å²) in [5.41, 5.74) is 2.28. The molecule has 0 unspecified atom stereocenters. The Hall–Kier alpha value is -2.66. The van der Waals surface area contributed by atoms with Gasteiger partial charge in [-0.3, -0.25) is 4.79 Å². The zero-order valence-electron chi connectivity index (χ0n) is 14.4. The van der Waals surface area contributed by atoms with Gasteiger partial charge in [-0.1, -0.05) is 18.2 Å². The second-order valence-electron chi connectivity index (χ2n) is 5.23. The minimum atomic E-state index is -0.211. The molecule has 0 aliphatic carbocycles. The topological polar surface area (TPSA) is 38.3 Å². The predicted octanol–water partition coefficient (Wildman–Crippen LogP) is 5.41. The second kappa shape index (κ2) is 8.99. The molecule has 0 bridgehead atoms. The third-order valence-corrected chi connectivity index (χ3v) is 4.62. The van der Waals surface area contributed by atoms with Crippen LogP contribution in [0.5, 0.6) is 5.75 Å². The van der Waals surface area contributed by atoms with Crippen LogP contribution >= 0.6 is 11.3 Å². The Morgan fingerprint density at radius 1 is 1.08 bits per heavy atom. The minimum absolute atomic E-state index is 0.211. The largest absolute Gasteiger partial charge is 0.497 e. The van der Waals surface area contributed by atoms with E-state index in [9.17, 15) is 9.18 Å². The van der Waals surface area contributed by atoms with Crippen LogP contribution < -0.4 is 10.1 Å². The van der Waals surface area contributed by atoms with Crippen molar-refractivity contribution < 1.29 is 13.9 Å². The van der Waals surface area contributed by atoms with E-state index in [2.05, 4.69) is 5.32 Å². The number of carbonyl (C=O) groups excluding carboxylic acids is 1. The van der Waals surface area contributed by atoms with Crippen LogP contribution in [0.15, 0.2) is 54.6 Å². The van der Waals surface area contributed by atoms with Crippen LogP contribution in [0.3, 0.4) is 0 Å². The van der Waals surface area contributed by atoms with Crippen molar-refractivity contribution in [3.05, 3.63) is 70.9 Å². The van der Waals surface area contributed by atoms with Gasteiger partial charge in [0.1, 0.15) is 11.6 Å². The lowest BCUT2D eigenvalue weighted by Crippen LogP contribution is -1.87. The van der Waals surface area contributed by atoms with Gasteiger partial charge in [-0.2, -0.15) is 0 Å². The first-order valence-corrected chi connectivity index (χ1v) is 8.53. The summed E-state index contributed by atoms with van der Waals surface area (Å²) in [5, 5.41) is 3.02. The molecule has 0 amide bonds. The van der Waals surface area contributed by atoms with E-state index in [4.69, 9.17) is 4.74 Å².